The van der Waals surface area contributed by atoms with Gasteiger partial charge in [-0.15, -0.1) is 22.9 Å². The highest BCUT2D eigenvalue weighted by molar-refractivity contribution is 7.12. The van der Waals surface area contributed by atoms with Crippen LogP contribution in [0.15, 0.2) is 11.4 Å². The molecule has 1 aromatic rings. The third-order valence-corrected chi connectivity index (χ3v) is 4.71. The van der Waals surface area contributed by atoms with E-state index in [1.807, 2.05) is 11.4 Å². The van der Waals surface area contributed by atoms with Gasteiger partial charge in [0.25, 0.3) is 5.91 Å². The average molecular weight is 288 g/mol. The van der Waals surface area contributed by atoms with Crippen molar-refractivity contribution in [2.45, 2.75) is 31.1 Å². The first-order chi connectivity index (χ1) is 8.70. The maximum Gasteiger partial charge on any atom is 0.265 e. The predicted octanol–water partition coefficient (Wildman–Crippen LogP) is 3.28. The van der Waals surface area contributed by atoms with E-state index in [4.69, 9.17) is 16.3 Å². The number of carbonyl (C=O) groups excluding carboxylic acids is 1. The van der Waals surface area contributed by atoms with Gasteiger partial charge in [0.15, 0.2) is 0 Å². The number of rotatable bonds is 4. The molecule has 1 amide bonds. The fourth-order valence-electron chi connectivity index (χ4n) is 2.27. The molecule has 1 saturated carbocycles. The lowest BCUT2D eigenvalue weighted by Crippen LogP contribution is -2.31. The zero-order valence-electron chi connectivity index (χ0n) is 10.4. The van der Waals surface area contributed by atoms with E-state index in [0.717, 1.165) is 32.2 Å². The van der Waals surface area contributed by atoms with Crippen molar-refractivity contribution >= 4 is 28.8 Å². The maximum atomic E-state index is 12.0. The minimum Gasteiger partial charge on any atom is -0.495 e. The van der Waals surface area contributed by atoms with Crippen LogP contribution >= 0.6 is 22.9 Å². The molecule has 0 bridgehead atoms. The lowest BCUT2D eigenvalue weighted by molar-refractivity contribution is 0.0945. The van der Waals surface area contributed by atoms with Crippen molar-refractivity contribution in [2.24, 2.45) is 5.92 Å². The van der Waals surface area contributed by atoms with Crippen molar-refractivity contribution < 1.29 is 9.53 Å². The summed E-state index contributed by atoms with van der Waals surface area (Å²) in [4.78, 5) is 12.6. The standard InChI is InChI=1S/C13H18ClNO2S/c1-17-11-6-7-18-12(11)13(16)15-8-9-2-4-10(14)5-3-9/h6-7,9-10H,2-5,8H2,1H3,(H,15,16). The zero-order valence-corrected chi connectivity index (χ0v) is 12.0. The van der Waals surface area contributed by atoms with Gasteiger partial charge in [-0.2, -0.15) is 0 Å². The number of amides is 1. The molecule has 1 aliphatic rings. The molecule has 0 aromatic carbocycles. The van der Waals surface area contributed by atoms with Crippen molar-refractivity contribution in [1.29, 1.82) is 0 Å². The molecule has 18 heavy (non-hydrogen) atoms. The molecule has 1 fully saturated rings. The third-order valence-electron chi connectivity index (χ3n) is 3.38. The Morgan fingerprint density at radius 2 is 2.22 bits per heavy atom. The van der Waals surface area contributed by atoms with E-state index >= 15 is 0 Å². The largest absolute Gasteiger partial charge is 0.495 e. The van der Waals surface area contributed by atoms with Gasteiger partial charge in [-0.25, -0.2) is 0 Å². The number of methoxy groups -OCH3 is 1. The van der Waals surface area contributed by atoms with Crippen molar-refractivity contribution in [3.05, 3.63) is 16.3 Å². The van der Waals surface area contributed by atoms with Crippen LogP contribution in [0.2, 0.25) is 0 Å². The number of carbonyl (C=O) groups is 1. The highest BCUT2D eigenvalue weighted by Crippen LogP contribution is 2.28. The van der Waals surface area contributed by atoms with Crippen LogP contribution in [0.1, 0.15) is 35.4 Å². The molecule has 1 aliphatic carbocycles. The topological polar surface area (TPSA) is 38.3 Å². The molecule has 3 nitrogen and oxygen atoms in total. The first kappa shape index (κ1) is 13.7. The Bertz CT molecular complexity index is 399. The Labute approximate surface area is 116 Å². The molecule has 0 atom stereocenters. The van der Waals surface area contributed by atoms with Crippen LogP contribution in [0.25, 0.3) is 0 Å². The van der Waals surface area contributed by atoms with E-state index in [-0.39, 0.29) is 5.91 Å². The minimum absolute atomic E-state index is 0.0325. The lowest BCUT2D eigenvalue weighted by Gasteiger charge is -2.24. The molecule has 0 aliphatic heterocycles. The van der Waals surface area contributed by atoms with Gasteiger partial charge < -0.3 is 10.1 Å². The highest BCUT2D eigenvalue weighted by atomic mass is 35.5. The molecule has 0 saturated heterocycles. The number of hydrogen-bond acceptors (Lipinski definition) is 3. The molecule has 5 heteroatoms. The fourth-order valence-corrected chi connectivity index (χ4v) is 3.29. The molecule has 1 heterocycles. The van der Waals surface area contributed by atoms with Crippen LogP contribution in [0.4, 0.5) is 0 Å². The molecule has 100 valence electrons. The smallest absolute Gasteiger partial charge is 0.265 e. The van der Waals surface area contributed by atoms with E-state index in [1.54, 1.807) is 7.11 Å². The summed E-state index contributed by atoms with van der Waals surface area (Å²) in [6.45, 7) is 0.740. The van der Waals surface area contributed by atoms with Gasteiger partial charge in [-0.1, -0.05) is 0 Å². The summed E-state index contributed by atoms with van der Waals surface area (Å²) in [5, 5.41) is 5.19. The van der Waals surface area contributed by atoms with Crippen LogP contribution < -0.4 is 10.1 Å². The normalized spacial score (nSPS) is 23.7. The second-order valence-corrected chi connectivity index (χ2v) is 6.18. The number of halogens is 1. The highest BCUT2D eigenvalue weighted by Gasteiger charge is 2.21. The van der Waals surface area contributed by atoms with Gasteiger partial charge in [-0.3, -0.25) is 4.79 Å². The van der Waals surface area contributed by atoms with E-state index in [2.05, 4.69) is 5.32 Å². The van der Waals surface area contributed by atoms with Gasteiger partial charge in [-0.05, 0) is 43.0 Å². The molecular weight excluding hydrogens is 270 g/mol. The van der Waals surface area contributed by atoms with Crippen LogP contribution in [-0.2, 0) is 0 Å². The quantitative estimate of drug-likeness (QED) is 0.863. The molecular formula is C13H18ClNO2S. The fraction of sp³-hybridized carbons (Fsp3) is 0.615. The maximum absolute atomic E-state index is 12.0. The summed E-state index contributed by atoms with van der Waals surface area (Å²) in [6, 6.07) is 1.82. The van der Waals surface area contributed by atoms with Gasteiger partial charge in [0, 0.05) is 11.9 Å². The van der Waals surface area contributed by atoms with Crippen LogP contribution in [0, 0.1) is 5.92 Å². The first-order valence-corrected chi connectivity index (χ1v) is 7.56. The number of nitrogens with one attached hydrogen (secondary N) is 1. The van der Waals surface area contributed by atoms with E-state index < -0.39 is 0 Å². The molecule has 2 rings (SSSR count). The average Bonchev–Trinajstić information content (AvgIpc) is 2.86. The van der Waals surface area contributed by atoms with Gasteiger partial charge >= 0.3 is 0 Å². The summed E-state index contributed by atoms with van der Waals surface area (Å²) in [6.07, 6.45) is 4.33. The van der Waals surface area contributed by atoms with Gasteiger partial charge in [0.05, 0.1) is 7.11 Å². The van der Waals surface area contributed by atoms with Crippen LogP contribution in [0.5, 0.6) is 5.75 Å². The molecule has 1 N–H and O–H groups in total. The van der Waals surface area contributed by atoms with Crippen LogP contribution in [0.3, 0.4) is 0 Å². The Morgan fingerprint density at radius 1 is 1.50 bits per heavy atom. The SMILES string of the molecule is COc1ccsc1C(=O)NCC1CCC(Cl)CC1. The second kappa shape index (κ2) is 6.43. The zero-order chi connectivity index (χ0) is 13.0. The lowest BCUT2D eigenvalue weighted by atomic mass is 9.89. The van der Waals surface area contributed by atoms with Crippen molar-refractivity contribution in [3.8, 4) is 5.75 Å². The Balaban J connectivity index is 1.81. The van der Waals surface area contributed by atoms with Gasteiger partial charge in [0.1, 0.15) is 10.6 Å². The van der Waals surface area contributed by atoms with E-state index in [1.165, 1.54) is 11.3 Å². The number of ether oxygens (including phenoxy) is 1. The Kier molecular flexibility index (Phi) is 4.89. The summed E-state index contributed by atoms with van der Waals surface area (Å²) in [5.41, 5.74) is 0. The second-order valence-electron chi connectivity index (χ2n) is 4.65. The Hall–Kier alpha value is -0.740. The minimum atomic E-state index is -0.0325. The summed E-state index contributed by atoms with van der Waals surface area (Å²) < 4.78 is 5.14. The summed E-state index contributed by atoms with van der Waals surface area (Å²) >= 11 is 7.47. The van der Waals surface area contributed by atoms with Crippen molar-refractivity contribution in [2.75, 3.05) is 13.7 Å². The predicted molar refractivity (Wildman–Crippen MR) is 74.8 cm³/mol. The number of thiophene rings is 1. The molecule has 0 spiro atoms. The Morgan fingerprint density at radius 3 is 2.89 bits per heavy atom. The van der Waals surface area contributed by atoms with Crippen molar-refractivity contribution in [3.63, 3.8) is 0 Å². The monoisotopic (exact) mass is 287 g/mol. The number of hydrogen-bond donors (Lipinski definition) is 1. The first-order valence-electron chi connectivity index (χ1n) is 6.24. The molecule has 1 aromatic heterocycles. The van der Waals surface area contributed by atoms with Crippen LogP contribution in [-0.4, -0.2) is 24.9 Å². The van der Waals surface area contributed by atoms with E-state index in [9.17, 15) is 4.79 Å². The molecule has 0 radical (unpaired) electrons. The summed E-state index contributed by atoms with van der Waals surface area (Å²) in [5.74, 6) is 1.19. The van der Waals surface area contributed by atoms with Gasteiger partial charge in [0.2, 0.25) is 0 Å². The molecule has 0 unspecified atom stereocenters. The number of alkyl halides is 1. The van der Waals surface area contributed by atoms with Crippen molar-refractivity contribution in [1.82, 2.24) is 5.32 Å². The van der Waals surface area contributed by atoms with E-state index in [0.29, 0.717) is 21.9 Å². The third kappa shape index (κ3) is 3.39. The summed E-state index contributed by atoms with van der Waals surface area (Å²) in [7, 11) is 1.58.